The van der Waals surface area contributed by atoms with Gasteiger partial charge in [-0.15, -0.1) is 0 Å². The van der Waals surface area contributed by atoms with E-state index in [9.17, 15) is 0 Å². The van der Waals surface area contributed by atoms with E-state index in [4.69, 9.17) is 21.4 Å². The molecule has 0 aliphatic heterocycles. The highest BCUT2D eigenvalue weighted by atomic mass is 35.5. The summed E-state index contributed by atoms with van der Waals surface area (Å²) in [5.41, 5.74) is 0. The molecule has 1 aliphatic rings. The molecule has 6 nitrogen and oxygen atoms in total. The number of ether oxygens (including phenoxy) is 1. The van der Waals surface area contributed by atoms with Gasteiger partial charge in [-0.2, -0.15) is 15.0 Å². The van der Waals surface area contributed by atoms with Crippen molar-refractivity contribution in [1.29, 1.82) is 0 Å². The zero-order chi connectivity index (χ0) is 12.3. The second kappa shape index (κ2) is 5.46. The van der Waals surface area contributed by atoms with Crippen molar-refractivity contribution in [3.8, 4) is 6.01 Å². The summed E-state index contributed by atoms with van der Waals surface area (Å²) in [5.74, 6) is 0.880. The summed E-state index contributed by atoms with van der Waals surface area (Å²) in [7, 11) is 0. The van der Waals surface area contributed by atoms with Crippen molar-refractivity contribution in [3.05, 3.63) is 5.28 Å². The largest absolute Gasteiger partial charge is 0.464 e. The molecule has 7 heteroatoms. The van der Waals surface area contributed by atoms with Crippen molar-refractivity contribution >= 4 is 17.5 Å². The Morgan fingerprint density at radius 3 is 2.82 bits per heavy atom. The number of anilines is 1. The van der Waals surface area contributed by atoms with Crippen molar-refractivity contribution in [3.63, 3.8) is 0 Å². The van der Waals surface area contributed by atoms with E-state index in [2.05, 4.69) is 20.3 Å². The van der Waals surface area contributed by atoms with Gasteiger partial charge in [-0.05, 0) is 37.3 Å². The normalized spacial score (nSPS) is 23.0. The van der Waals surface area contributed by atoms with Crippen LogP contribution in [0.25, 0.3) is 0 Å². The molecule has 1 aromatic rings. The van der Waals surface area contributed by atoms with Gasteiger partial charge in [0.15, 0.2) is 0 Å². The van der Waals surface area contributed by atoms with Crippen molar-refractivity contribution < 1.29 is 9.84 Å². The van der Waals surface area contributed by atoms with E-state index < -0.39 is 0 Å². The van der Waals surface area contributed by atoms with E-state index in [-0.39, 0.29) is 17.4 Å². The standard InChI is InChI=1S/C10H15ClN4O2/c1-2-17-10-14-8(11)13-9(15-10)12-5-6-3-7(16)4-6/h6-7,16H,2-5H2,1H3,(H,12,13,14,15). The molecule has 94 valence electrons. The second-order valence-corrected chi connectivity index (χ2v) is 4.35. The Hall–Kier alpha value is -1.14. The number of nitrogens with zero attached hydrogens (tertiary/aromatic N) is 3. The second-order valence-electron chi connectivity index (χ2n) is 4.02. The van der Waals surface area contributed by atoms with Gasteiger partial charge in [-0.1, -0.05) is 0 Å². The average molecular weight is 259 g/mol. The predicted molar refractivity (Wildman–Crippen MR) is 63.2 cm³/mol. The Kier molecular flexibility index (Phi) is 3.96. The highest BCUT2D eigenvalue weighted by Gasteiger charge is 2.26. The Morgan fingerprint density at radius 1 is 1.41 bits per heavy atom. The van der Waals surface area contributed by atoms with Crippen molar-refractivity contribution in [2.45, 2.75) is 25.9 Å². The van der Waals surface area contributed by atoms with Crippen LogP contribution in [-0.4, -0.2) is 39.3 Å². The number of rotatable bonds is 5. The first-order valence-corrected chi connectivity index (χ1v) is 6.01. The molecule has 1 aliphatic carbocycles. The highest BCUT2D eigenvalue weighted by Crippen LogP contribution is 2.27. The summed E-state index contributed by atoms with van der Waals surface area (Å²) < 4.78 is 5.16. The first kappa shape index (κ1) is 12.3. The molecule has 17 heavy (non-hydrogen) atoms. The summed E-state index contributed by atoms with van der Waals surface area (Å²) in [6, 6.07) is 0.226. The molecule has 0 aromatic carbocycles. The smallest absolute Gasteiger partial charge is 0.322 e. The molecule has 1 saturated carbocycles. The summed E-state index contributed by atoms with van der Waals surface area (Å²) >= 11 is 5.75. The molecule has 1 aromatic heterocycles. The molecule has 0 unspecified atom stereocenters. The lowest BCUT2D eigenvalue weighted by Crippen LogP contribution is -2.33. The highest BCUT2D eigenvalue weighted by molar-refractivity contribution is 6.28. The van der Waals surface area contributed by atoms with Crippen LogP contribution < -0.4 is 10.1 Å². The quantitative estimate of drug-likeness (QED) is 0.824. The number of aliphatic hydroxyl groups excluding tert-OH is 1. The van der Waals surface area contributed by atoms with Crippen LogP contribution in [0.4, 0.5) is 5.95 Å². The van der Waals surface area contributed by atoms with Crippen LogP contribution in [0.2, 0.25) is 5.28 Å². The van der Waals surface area contributed by atoms with Crippen LogP contribution >= 0.6 is 11.6 Å². The third kappa shape index (κ3) is 3.41. The summed E-state index contributed by atoms with van der Waals surface area (Å²) in [5, 5.41) is 12.3. The molecule has 0 saturated heterocycles. The number of hydrogen-bond acceptors (Lipinski definition) is 6. The van der Waals surface area contributed by atoms with Gasteiger partial charge in [0.05, 0.1) is 12.7 Å². The minimum absolute atomic E-state index is 0.111. The molecule has 1 heterocycles. The fraction of sp³-hybridized carbons (Fsp3) is 0.700. The van der Waals surface area contributed by atoms with Gasteiger partial charge in [0.1, 0.15) is 0 Å². The van der Waals surface area contributed by atoms with Gasteiger partial charge in [0.2, 0.25) is 11.2 Å². The van der Waals surface area contributed by atoms with Gasteiger partial charge in [0.25, 0.3) is 0 Å². The third-order valence-electron chi connectivity index (χ3n) is 2.62. The summed E-state index contributed by atoms with van der Waals surface area (Å²) in [6.45, 7) is 3.05. The maximum Gasteiger partial charge on any atom is 0.322 e. The van der Waals surface area contributed by atoms with Crippen molar-refractivity contribution in [2.24, 2.45) is 5.92 Å². The zero-order valence-corrected chi connectivity index (χ0v) is 10.3. The van der Waals surface area contributed by atoms with E-state index in [0.717, 1.165) is 19.4 Å². The number of hydrogen-bond donors (Lipinski definition) is 2. The summed E-state index contributed by atoms with van der Waals surface area (Å²) in [6.07, 6.45) is 1.50. The van der Waals surface area contributed by atoms with Crippen LogP contribution in [0.15, 0.2) is 0 Å². The Balaban J connectivity index is 1.90. The van der Waals surface area contributed by atoms with Crippen molar-refractivity contribution in [1.82, 2.24) is 15.0 Å². The lowest BCUT2D eigenvalue weighted by molar-refractivity contribution is 0.0486. The van der Waals surface area contributed by atoms with Crippen LogP contribution in [0.3, 0.4) is 0 Å². The maximum atomic E-state index is 9.16. The third-order valence-corrected chi connectivity index (χ3v) is 2.79. The average Bonchev–Trinajstić information content (AvgIpc) is 2.22. The molecule has 0 radical (unpaired) electrons. The molecule has 0 spiro atoms. The number of aliphatic hydroxyl groups is 1. The monoisotopic (exact) mass is 258 g/mol. The fourth-order valence-corrected chi connectivity index (χ4v) is 1.86. The Bertz CT molecular complexity index is 385. The number of aromatic nitrogens is 3. The minimum Gasteiger partial charge on any atom is -0.464 e. The minimum atomic E-state index is -0.150. The first-order valence-electron chi connectivity index (χ1n) is 5.63. The lowest BCUT2D eigenvalue weighted by Gasteiger charge is -2.31. The van der Waals surface area contributed by atoms with Gasteiger partial charge in [-0.3, -0.25) is 0 Å². The molecule has 0 amide bonds. The molecule has 1 fully saturated rings. The maximum absolute atomic E-state index is 9.16. The van der Waals surface area contributed by atoms with Gasteiger partial charge >= 0.3 is 6.01 Å². The van der Waals surface area contributed by atoms with Crippen LogP contribution in [0.5, 0.6) is 6.01 Å². The van der Waals surface area contributed by atoms with E-state index in [1.165, 1.54) is 0 Å². The molecule has 0 atom stereocenters. The van der Waals surface area contributed by atoms with Crippen LogP contribution in [-0.2, 0) is 0 Å². The molecular formula is C10H15ClN4O2. The fourth-order valence-electron chi connectivity index (χ4n) is 1.71. The molecular weight excluding hydrogens is 244 g/mol. The zero-order valence-electron chi connectivity index (χ0n) is 9.56. The number of halogens is 1. The van der Waals surface area contributed by atoms with Crippen molar-refractivity contribution in [2.75, 3.05) is 18.5 Å². The topological polar surface area (TPSA) is 80.2 Å². The SMILES string of the molecule is CCOc1nc(Cl)nc(NCC2CC(O)C2)n1. The molecule has 0 bridgehead atoms. The first-order chi connectivity index (χ1) is 8.17. The van der Waals surface area contributed by atoms with E-state index in [0.29, 0.717) is 18.5 Å². The molecule has 2 N–H and O–H groups in total. The van der Waals surface area contributed by atoms with E-state index in [1.807, 2.05) is 6.92 Å². The van der Waals surface area contributed by atoms with E-state index >= 15 is 0 Å². The predicted octanol–water partition coefficient (Wildman–Crippen LogP) is 1.11. The van der Waals surface area contributed by atoms with Gasteiger partial charge < -0.3 is 15.2 Å². The Labute approximate surface area is 104 Å². The summed E-state index contributed by atoms with van der Waals surface area (Å²) in [4.78, 5) is 11.9. The van der Waals surface area contributed by atoms with E-state index in [1.54, 1.807) is 0 Å². The molecule has 2 rings (SSSR count). The van der Waals surface area contributed by atoms with Crippen LogP contribution in [0, 0.1) is 5.92 Å². The van der Waals surface area contributed by atoms with Gasteiger partial charge in [0, 0.05) is 6.54 Å². The number of nitrogens with one attached hydrogen (secondary N) is 1. The lowest BCUT2D eigenvalue weighted by atomic mass is 9.82. The van der Waals surface area contributed by atoms with Gasteiger partial charge in [-0.25, -0.2) is 0 Å². The van der Waals surface area contributed by atoms with Crippen LogP contribution in [0.1, 0.15) is 19.8 Å². The Morgan fingerprint density at radius 2 is 2.18 bits per heavy atom.